The summed E-state index contributed by atoms with van der Waals surface area (Å²) in [5.41, 5.74) is 3.22. The average Bonchev–Trinajstić information content (AvgIpc) is 3.17. The van der Waals surface area contributed by atoms with Crippen molar-refractivity contribution in [2.75, 3.05) is 13.1 Å². The summed E-state index contributed by atoms with van der Waals surface area (Å²) in [6.07, 6.45) is 0. The van der Waals surface area contributed by atoms with E-state index in [1.165, 1.54) is 0 Å². The molecule has 6 heteroatoms. The van der Waals surface area contributed by atoms with Gasteiger partial charge in [-0.15, -0.1) is 0 Å². The molecule has 0 N–H and O–H groups in total. The third-order valence-corrected chi connectivity index (χ3v) is 4.07. The van der Waals surface area contributed by atoms with E-state index in [9.17, 15) is 4.79 Å². The van der Waals surface area contributed by atoms with Crippen LogP contribution in [0.5, 0.6) is 0 Å². The molecule has 1 amide bonds. The second kappa shape index (κ2) is 6.93. The zero-order chi connectivity index (χ0) is 18.0. The van der Waals surface area contributed by atoms with Gasteiger partial charge in [0.25, 0.3) is 5.91 Å². The number of hydrogen-bond donors (Lipinski definition) is 0. The van der Waals surface area contributed by atoms with E-state index in [-0.39, 0.29) is 5.91 Å². The minimum Gasteiger partial charge on any atom is -0.359 e. The maximum atomic E-state index is 12.5. The Morgan fingerprint density at radius 2 is 2.12 bits per heavy atom. The number of imidazole rings is 1. The van der Waals surface area contributed by atoms with Crippen molar-refractivity contribution in [2.24, 2.45) is 0 Å². The van der Waals surface area contributed by atoms with Gasteiger partial charge < -0.3 is 14.0 Å². The van der Waals surface area contributed by atoms with E-state index in [4.69, 9.17) is 4.52 Å². The summed E-state index contributed by atoms with van der Waals surface area (Å²) in [5.74, 6) is 1.37. The summed E-state index contributed by atoms with van der Waals surface area (Å²) in [6.45, 7) is 11.2. The summed E-state index contributed by atoms with van der Waals surface area (Å²) >= 11 is 0. The topological polar surface area (TPSA) is 64.2 Å². The van der Waals surface area contributed by atoms with E-state index in [2.05, 4.69) is 21.3 Å². The molecule has 0 fully saturated rings. The highest BCUT2D eigenvalue weighted by atomic mass is 16.5. The lowest BCUT2D eigenvalue weighted by molar-refractivity contribution is 0.0768. The van der Waals surface area contributed by atoms with Crippen molar-refractivity contribution in [3.63, 3.8) is 0 Å². The van der Waals surface area contributed by atoms with Crippen molar-refractivity contribution in [3.8, 4) is 0 Å². The molecular formula is C19H22N4O2. The molecule has 0 unspecified atom stereocenters. The smallest absolute Gasteiger partial charge is 0.276 e. The molecular weight excluding hydrogens is 316 g/mol. The maximum absolute atomic E-state index is 12.5. The molecule has 1 aromatic carbocycles. The molecule has 0 aliphatic rings. The van der Waals surface area contributed by atoms with Crippen LogP contribution in [0.3, 0.4) is 0 Å². The number of para-hydroxylation sites is 2. The Morgan fingerprint density at radius 3 is 2.84 bits per heavy atom. The van der Waals surface area contributed by atoms with E-state index in [0.29, 0.717) is 31.1 Å². The van der Waals surface area contributed by atoms with Crippen LogP contribution < -0.4 is 0 Å². The van der Waals surface area contributed by atoms with Crippen LogP contribution in [0.4, 0.5) is 0 Å². The zero-order valence-electron chi connectivity index (χ0n) is 14.8. The molecule has 0 radical (unpaired) electrons. The zero-order valence-corrected chi connectivity index (χ0v) is 14.8. The summed E-state index contributed by atoms with van der Waals surface area (Å²) in [5, 5.41) is 3.95. The van der Waals surface area contributed by atoms with E-state index >= 15 is 0 Å². The van der Waals surface area contributed by atoms with E-state index in [1.54, 1.807) is 11.0 Å². The molecule has 0 spiro atoms. The van der Waals surface area contributed by atoms with Crippen LogP contribution in [0.25, 0.3) is 11.0 Å². The molecule has 25 heavy (non-hydrogen) atoms. The third kappa shape index (κ3) is 3.47. The fraction of sp³-hybridized carbons (Fsp3) is 0.316. The second-order valence-electron chi connectivity index (χ2n) is 6.19. The third-order valence-electron chi connectivity index (χ3n) is 4.07. The number of amides is 1. The Labute approximate surface area is 146 Å². The van der Waals surface area contributed by atoms with Gasteiger partial charge in [0.1, 0.15) is 5.82 Å². The minimum absolute atomic E-state index is 0.146. The molecule has 0 saturated heterocycles. The molecule has 3 aromatic rings. The molecule has 130 valence electrons. The Balaban J connectivity index is 1.82. The molecule has 0 atom stereocenters. The van der Waals surface area contributed by atoms with Gasteiger partial charge in [-0.2, -0.15) is 0 Å². The average molecular weight is 338 g/mol. The van der Waals surface area contributed by atoms with E-state index in [1.807, 2.05) is 45.0 Å². The van der Waals surface area contributed by atoms with Gasteiger partial charge in [-0.3, -0.25) is 4.79 Å². The largest absolute Gasteiger partial charge is 0.359 e. The number of nitrogens with zero attached hydrogens (tertiary/aromatic N) is 4. The van der Waals surface area contributed by atoms with Gasteiger partial charge in [0.2, 0.25) is 0 Å². The predicted molar refractivity (Wildman–Crippen MR) is 96.5 cm³/mol. The highest BCUT2D eigenvalue weighted by molar-refractivity contribution is 5.92. The van der Waals surface area contributed by atoms with Gasteiger partial charge >= 0.3 is 0 Å². The Kier molecular flexibility index (Phi) is 4.70. The Morgan fingerprint density at radius 1 is 1.36 bits per heavy atom. The molecule has 6 nitrogen and oxygen atoms in total. The first-order chi connectivity index (χ1) is 12.0. The fourth-order valence-electron chi connectivity index (χ4n) is 2.85. The van der Waals surface area contributed by atoms with Gasteiger partial charge in [-0.05, 0) is 32.9 Å². The van der Waals surface area contributed by atoms with Crippen molar-refractivity contribution in [1.29, 1.82) is 0 Å². The molecule has 0 saturated carbocycles. The van der Waals surface area contributed by atoms with Crippen LogP contribution in [0, 0.1) is 6.92 Å². The number of aromatic nitrogens is 3. The number of aryl methyl sites for hydroxylation is 1. The summed E-state index contributed by atoms with van der Waals surface area (Å²) in [6, 6.07) is 9.64. The van der Waals surface area contributed by atoms with Crippen LogP contribution >= 0.6 is 0 Å². The highest BCUT2D eigenvalue weighted by Gasteiger charge is 2.19. The van der Waals surface area contributed by atoms with Crippen LogP contribution in [-0.2, 0) is 6.54 Å². The lowest BCUT2D eigenvalue weighted by atomic mass is 10.2. The van der Waals surface area contributed by atoms with Crippen molar-refractivity contribution in [3.05, 3.63) is 59.8 Å². The van der Waals surface area contributed by atoms with E-state index < -0.39 is 0 Å². The first-order valence-electron chi connectivity index (χ1n) is 8.30. The maximum Gasteiger partial charge on any atom is 0.276 e. The number of hydrogen-bond acceptors (Lipinski definition) is 4. The second-order valence-corrected chi connectivity index (χ2v) is 6.19. The monoisotopic (exact) mass is 338 g/mol. The number of carbonyl (C=O) groups excluding carboxylic acids is 1. The van der Waals surface area contributed by atoms with Gasteiger partial charge in [0, 0.05) is 19.2 Å². The first-order valence-corrected chi connectivity index (χ1v) is 8.30. The van der Waals surface area contributed by atoms with Crippen molar-refractivity contribution in [2.45, 2.75) is 27.3 Å². The lowest BCUT2D eigenvalue weighted by Crippen LogP contribution is -2.32. The normalized spacial score (nSPS) is 11.0. The Hall–Kier alpha value is -2.89. The van der Waals surface area contributed by atoms with Gasteiger partial charge in [0.05, 0.1) is 17.6 Å². The Bertz CT molecular complexity index is 923. The lowest BCUT2D eigenvalue weighted by Gasteiger charge is -2.19. The summed E-state index contributed by atoms with van der Waals surface area (Å²) in [4.78, 5) is 18.8. The SMILES string of the molecule is C=C(C)CN(CC)C(=O)c1cc(Cn2c(C)nc3ccccc32)on1. The predicted octanol–water partition coefficient (Wildman–Crippen LogP) is 3.42. The molecule has 0 aliphatic heterocycles. The van der Waals surface area contributed by atoms with Crippen molar-refractivity contribution in [1.82, 2.24) is 19.6 Å². The van der Waals surface area contributed by atoms with E-state index in [0.717, 1.165) is 22.4 Å². The number of carbonyl (C=O) groups is 1. The molecule has 2 heterocycles. The standard InChI is InChI=1S/C19H22N4O2/c1-5-22(11-13(2)3)19(24)17-10-15(25-21-17)12-23-14(4)20-16-8-6-7-9-18(16)23/h6-10H,2,5,11-12H2,1,3-4H3. The number of rotatable bonds is 6. The van der Waals surface area contributed by atoms with Crippen LogP contribution in [0.2, 0.25) is 0 Å². The van der Waals surface area contributed by atoms with Gasteiger partial charge in [0.15, 0.2) is 11.5 Å². The van der Waals surface area contributed by atoms with Gasteiger partial charge in [-0.25, -0.2) is 4.98 Å². The highest BCUT2D eigenvalue weighted by Crippen LogP contribution is 2.18. The van der Waals surface area contributed by atoms with Crippen LogP contribution in [-0.4, -0.2) is 38.6 Å². The summed E-state index contributed by atoms with van der Waals surface area (Å²) in [7, 11) is 0. The molecule has 0 aliphatic carbocycles. The minimum atomic E-state index is -0.146. The van der Waals surface area contributed by atoms with Gasteiger partial charge in [-0.1, -0.05) is 29.4 Å². The first kappa shape index (κ1) is 17.0. The van der Waals surface area contributed by atoms with Crippen LogP contribution in [0.15, 0.2) is 47.0 Å². The summed E-state index contributed by atoms with van der Waals surface area (Å²) < 4.78 is 7.45. The molecule has 2 aromatic heterocycles. The molecule has 0 bridgehead atoms. The van der Waals surface area contributed by atoms with Crippen molar-refractivity contribution < 1.29 is 9.32 Å². The fourth-order valence-corrected chi connectivity index (χ4v) is 2.85. The van der Waals surface area contributed by atoms with Crippen molar-refractivity contribution >= 4 is 16.9 Å². The molecule has 3 rings (SSSR count). The quantitative estimate of drug-likeness (QED) is 0.646. The number of benzene rings is 1. The van der Waals surface area contributed by atoms with Crippen LogP contribution in [0.1, 0.15) is 35.9 Å². The number of fused-ring (bicyclic) bond motifs is 1. The number of likely N-dealkylation sites (N-methyl/N-ethyl adjacent to an activating group) is 1.